The highest BCUT2D eigenvalue weighted by Crippen LogP contribution is 2.43. The van der Waals surface area contributed by atoms with Crippen LogP contribution in [0.4, 0.5) is 11.4 Å². The summed E-state index contributed by atoms with van der Waals surface area (Å²) in [7, 11) is 0. The predicted octanol–water partition coefficient (Wildman–Crippen LogP) is 5.32. The van der Waals surface area contributed by atoms with Gasteiger partial charge in [0.1, 0.15) is 0 Å². The molecule has 11 heteroatoms. The zero-order valence-corrected chi connectivity index (χ0v) is 26.3. The molecule has 0 radical (unpaired) electrons. The fraction of sp³-hybridized carbons (Fsp3) is 0.257. The van der Waals surface area contributed by atoms with Gasteiger partial charge >= 0.3 is 5.97 Å². The third-order valence-corrected chi connectivity index (χ3v) is 7.35. The lowest BCUT2D eigenvalue weighted by Gasteiger charge is -2.21. The molecule has 1 atom stereocenters. The number of benzene rings is 3. The summed E-state index contributed by atoms with van der Waals surface area (Å²) in [5.41, 5.74) is 15.6. The molecule has 0 aliphatic heterocycles. The van der Waals surface area contributed by atoms with Gasteiger partial charge in [0.15, 0.2) is 5.96 Å². The lowest BCUT2D eigenvalue weighted by Crippen LogP contribution is -2.38. The van der Waals surface area contributed by atoms with Crippen LogP contribution >= 0.6 is 0 Å². The number of rotatable bonds is 14. The number of anilines is 2. The van der Waals surface area contributed by atoms with Crippen LogP contribution in [-0.2, 0) is 4.79 Å². The van der Waals surface area contributed by atoms with Gasteiger partial charge in [0.2, 0.25) is 5.91 Å². The van der Waals surface area contributed by atoms with E-state index in [0.29, 0.717) is 48.6 Å². The summed E-state index contributed by atoms with van der Waals surface area (Å²) in [5.74, 6) is -1.68. The Labute approximate surface area is 268 Å². The van der Waals surface area contributed by atoms with Crippen LogP contribution in [0.5, 0.6) is 0 Å². The van der Waals surface area contributed by atoms with Gasteiger partial charge in [-0.25, -0.2) is 4.79 Å². The van der Waals surface area contributed by atoms with E-state index >= 15 is 0 Å². The molecule has 1 unspecified atom stereocenters. The van der Waals surface area contributed by atoms with Crippen LogP contribution in [0, 0.1) is 0 Å². The first-order valence-corrected chi connectivity index (χ1v) is 15.2. The van der Waals surface area contributed by atoms with Crippen LogP contribution < -0.4 is 27.4 Å². The molecule has 0 aliphatic carbocycles. The van der Waals surface area contributed by atoms with E-state index in [0.717, 1.165) is 16.8 Å². The lowest BCUT2D eigenvalue weighted by atomic mass is 10.0. The zero-order valence-electron chi connectivity index (χ0n) is 26.3. The molecule has 4 aromatic rings. The number of nitrogens with zero attached hydrogens (tertiary/aromatic N) is 2. The molecule has 1 aromatic heterocycles. The second-order valence-electron chi connectivity index (χ2n) is 11.2. The van der Waals surface area contributed by atoms with Crippen LogP contribution in [0.3, 0.4) is 0 Å². The first-order chi connectivity index (χ1) is 22.1. The van der Waals surface area contributed by atoms with E-state index in [9.17, 15) is 19.5 Å². The van der Waals surface area contributed by atoms with Gasteiger partial charge in [-0.05, 0) is 50.5 Å². The summed E-state index contributed by atoms with van der Waals surface area (Å²) < 4.78 is 2.14. The van der Waals surface area contributed by atoms with Crippen molar-refractivity contribution < 1.29 is 19.5 Å². The van der Waals surface area contributed by atoms with Gasteiger partial charge in [-0.15, -0.1) is 0 Å². The molecule has 46 heavy (non-hydrogen) atoms. The van der Waals surface area contributed by atoms with E-state index in [1.54, 1.807) is 12.1 Å². The summed E-state index contributed by atoms with van der Waals surface area (Å²) in [6.07, 6.45) is 1.22. The average Bonchev–Trinajstić information content (AvgIpc) is 3.38. The van der Waals surface area contributed by atoms with Crippen molar-refractivity contribution in [3.05, 3.63) is 96.1 Å². The number of aliphatic imine (C=N–C) groups is 1. The van der Waals surface area contributed by atoms with Crippen LogP contribution in [-0.4, -0.2) is 52.5 Å². The van der Waals surface area contributed by atoms with Crippen LogP contribution in [0.15, 0.2) is 89.9 Å². The maximum Gasteiger partial charge on any atom is 0.335 e. The molecule has 0 fully saturated rings. The maximum atomic E-state index is 14.4. The highest BCUT2D eigenvalue weighted by Gasteiger charge is 2.31. The van der Waals surface area contributed by atoms with Crippen molar-refractivity contribution in [3.63, 3.8) is 0 Å². The number of aromatic nitrogens is 1. The second-order valence-corrected chi connectivity index (χ2v) is 11.2. The van der Waals surface area contributed by atoms with Crippen molar-refractivity contribution in [2.45, 2.75) is 45.7 Å². The maximum absolute atomic E-state index is 14.4. The number of carbonyl (C=O) groups excluding carboxylic acids is 2. The average molecular weight is 624 g/mol. The first kappa shape index (κ1) is 33.3. The standard InChI is InChI=1S/C35H41N7O4/c1-22(2)42-31(24-12-6-4-7-13-24)29(33(44)41-27-17-10-16-26(20-27)34(45)46)30(32(42)25-14-8-5-9-15-25)39-21-28(40-23(3)43)18-11-19-38-35(36)37/h4-10,12-17,20,22,28,39H,11,18-19,21H2,1-3H3,(H,40,43)(H,41,44)(H,45,46)(H4,36,37,38). The first-order valence-electron chi connectivity index (χ1n) is 15.2. The molecule has 3 aromatic carbocycles. The van der Waals surface area contributed by atoms with Crippen LogP contribution in [0.2, 0.25) is 0 Å². The van der Waals surface area contributed by atoms with Gasteiger partial charge in [-0.1, -0.05) is 66.7 Å². The van der Waals surface area contributed by atoms with E-state index in [1.165, 1.54) is 19.1 Å². The quantitative estimate of drug-likeness (QED) is 0.0625. The summed E-state index contributed by atoms with van der Waals surface area (Å²) in [6.45, 7) is 6.31. The summed E-state index contributed by atoms with van der Waals surface area (Å²) in [6, 6.07) is 25.3. The zero-order chi connectivity index (χ0) is 33.2. The van der Waals surface area contributed by atoms with Crippen molar-refractivity contribution in [1.82, 2.24) is 9.88 Å². The number of amides is 2. The van der Waals surface area contributed by atoms with Crippen molar-refractivity contribution in [1.29, 1.82) is 0 Å². The number of aromatic carboxylic acids is 1. The molecule has 0 saturated carbocycles. The molecule has 11 nitrogen and oxygen atoms in total. The summed E-state index contributed by atoms with van der Waals surface area (Å²) in [4.78, 5) is 42.3. The number of hydrogen-bond acceptors (Lipinski definition) is 5. The predicted molar refractivity (Wildman–Crippen MR) is 183 cm³/mol. The Kier molecular flexibility index (Phi) is 11.2. The Balaban J connectivity index is 1.89. The molecule has 8 N–H and O–H groups in total. The largest absolute Gasteiger partial charge is 0.478 e. The Hall–Kier alpha value is -5.58. The lowest BCUT2D eigenvalue weighted by molar-refractivity contribution is -0.119. The smallest absolute Gasteiger partial charge is 0.335 e. The molecule has 2 amide bonds. The van der Waals surface area contributed by atoms with E-state index in [2.05, 4.69) is 39.4 Å². The molecular formula is C35H41N7O4. The third kappa shape index (κ3) is 8.32. The Bertz CT molecular complexity index is 1690. The number of carbonyl (C=O) groups is 3. The van der Waals surface area contributed by atoms with E-state index < -0.39 is 11.9 Å². The second kappa shape index (κ2) is 15.4. The van der Waals surface area contributed by atoms with Gasteiger partial charge in [0, 0.05) is 43.3 Å². The minimum Gasteiger partial charge on any atom is -0.478 e. The fourth-order valence-electron chi connectivity index (χ4n) is 5.47. The molecule has 240 valence electrons. The van der Waals surface area contributed by atoms with Gasteiger partial charge in [0.25, 0.3) is 5.91 Å². The number of carboxylic acid groups (broad SMARTS) is 1. The number of carboxylic acids is 1. The Morgan fingerprint density at radius 1 is 0.891 bits per heavy atom. The fourth-order valence-corrected chi connectivity index (χ4v) is 5.47. The number of nitrogens with one attached hydrogen (secondary N) is 3. The molecule has 0 spiro atoms. The van der Waals surface area contributed by atoms with E-state index in [4.69, 9.17) is 11.5 Å². The number of guanidine groups is 1. The van der Waals surface area contributed by atoms with Crippen LogP contribution in [0.25, 0.3) is 22.5 Å². The van der Waals surface area contributed by atoms with Crippen molar-refractivity contribution in [3.8, 4) is 22.5 Å². The normalized spacial score (nSPS) is 11.5. The van der Waals surface area contributed by atoms with E-state index in [-0.39, 0.29) is 29.5 Å². The topological polar surface area (TPSA) is 177 Å². The SMILES string of the molecule is CC(=O)NC(CCCN=C(N)N)CNc1c(C(=O)Nc2cccc(C(=O)O)c2)c(-c2ccccc2)n(C(C)C)c1-c1ccccc1. The minimum atomic E-state index is -1.09. The monoisotopic (exact) mass is 623 g/mol. The summed E-state index contributed by atoms with van der Waals surface area (Å²) >= 11 is 0. The molecule has 0 saturated heterocycles. The number of nitrogens with two attached hydrogens (primary N) is 2. The van der Waals surface area contributed by atoms with Crippen molar-refractivity contribution in [2.75, 3.05) is 23.7 Å². The molecular weight excluding hydrogens is 582 g/mol. The van der Waals surface area contributed by atoms with E-state index in [1.807, 2.05) is 60.7 Å². The molecule has 4 rings (SSSR count). The molecule has 0 aliphatic rings. The highest BCUT2D eigenvalue weighted by molar-refractivity contribution is 6.15. The van der Waals surface area contributed by atoms with Crippen LogP contribution in [0.1, 0.15) is 60.4 Å². The Morgan fingerprint density at radius 2 is 1.52 bits per heavy atom. The van der Waals surface area contributed by atoms with Gasteiger partial charge < -0.3 is 37.1 Å². The third-order valence-electron chi connectivity index (χ3n) is 7.35. The number of hydrogen-bond donors (Lipinski definition) is 6. The van der Waals surface area contributed by atoms with Gasteiger partial charge in [-0.2, -0.15) is 0 Å². The highest BCUT2D eigenvalue weighted by atomic mass is 16.4. The molecule has 1 heterocycles. The van der Waals surface area contributed by atoms with Gasteiger partial charge in [-0.3, -0.25) is 14.6 Å². The van der Waals surface area contributed by atoms with Gasteiger partial charge in [0.05, 0.1) is 28.2 Å². The summed E-state index contributed by atoms with van der Waals surface area (Å²) in [5, 5.41) is 19.0. The van der Waals surface area contributed by atoms with Crippen molar-refractivity contribution in [2.24, 2.45) is 16.5 Å². The Morgan fingerprint density at radius 3 is 2.09 bits per heavy atom. The molecule has 0 bridgehead atoms. The minimum absolute atomic E-state index is 0.00900. The van der Waals surface area contributed by atoms with Crippen molar-refractivity contribution >= 4 is 35.1 Å².